The Kier molecular flexibility index (Phi) is 4.16. The minimum Gasteiger partial charge on any atom is -0.390 e. The molecule has 3 nitrogen and oxygen atoms in total. The molecule has 0 bridgehead atoms. The molecular formula is C16H24N2O. The number of benzene rings is 1. The Labute approximate surface area is 115 Å². The van der Waals surface area contributed by atoms with Gasteiger partial charge in [0.25, 0.3) is 0 Å². The third-order valence-corrected chi connectivity index (χ3v) is 4.41. The van der Waals surface area contributed by atoms with Crippen molar-refractivity contribution in [1.29, 1.82) is 0 Å². The number of aliphatic hydroxyl groups is 1. The highest BCUT2D eigenvalue weighted by Gasteiger charge is 2.25. The van der Waals surface area contributed by atoms with Gasteiger partial charge in [0.05, 0.1) is 6.10 Å². The summed E-state index contributed by atoms with van der Waals surface area (Å²) in [5.41, 5.74) is 2.84. The molecule has 0 saturated carbocycles. The van der Waals surface area contributed by atoms with Crippen LogP contribution in [0.2, 0.25) is 0 Å². The molecule has 3 rings (SSSR count). The lowest BCUT2D eigenvalue weighted by Crippen LogP contribution is -2.44. The molecule has 1 aromatic rings. The van der Waals surface area contributed by atoms with Gasteiger partial charge >= 0.3 is 0 Å². The fourth-order valence-electron chi connectivity index (χ4n) is 3.31. The number of fused-ring (bicyclic) bond motifs is 1. The monoisotopic (exact) mass is 260 g/mol. The third kappa shape index (κ3) is 3.16. The lowest BCUT2D eigenvalue weighted by atomic mass is 10.0. The molecule has 3 heteroatoms. The summed E-state index contributed by atoms with van der Waals surface area (Å²) in [4.78, 5) is 2.36. The van der Waals surface area contributed by atoms with Crippen LogP contribution >= 0.6 is 0 Å². The standard InChI is InChI=1S/C16H24N2O/c19-16(15-8-2-1-5-9-17-15)12-18-10-13-6-3-4-7-14(13)11-18/h3-4,6-7,15-17,19H,1-2,5,8-12H2. The maximum Gasteiger partial charge on any atom is 0.0820 e. The Balaban J connectivity index is 1.55. The highest BCUT2D eigenvalue weighted by Crippen LogP contribution is 2.23. The zero-order valence-electron chi connectivity index (χ0n) is 11.5. The summed E-state index contributed by atoms with van der Waals surface area (Å²) in [5, 5.41) is 13.9. The van der Waals surface area contributed by atoms with Crippen LogP contribution in [-0.4, -0.2) is 35.2 Å². The molecule has 1 fully saturated rings. The highest BCUT2D eigenvalue weighted by molar-refractivity contribution is 5.30. The van der Waals surface area contributed by atoms with Crippen LogP contribution < -0.4 is 5.32 Å². The molecule has 0 aliphatic carbocycles. The molecule has 2 unspecified atom stereocenters. The van der Waals surface area contributed by atoms with Crippen LogP contribution in [0.15, 0.2) is 24.3 Å². The van der Waals surface area contributed by atoms with Gasteiger partial charge in [0.2, 0.25) is 0 Å². The van der Waals surface area contributed by atoms with E-state index in [0.29, 0.717) is 0 Å². The minimum atomic E-state index is -0.243. The first kappa shape index (κ1) is 13.1. The van der Waals surface area contributed by atoms with Crippen molar-refractivity contribution in [3.8, 4) is 0 Å². The van der Waals surface area contributed by atoms with Gasteiger partial charge < -0.3 is 10.4 Å². The van der Waals surface area contributed by atoms with Crippen LogP contribution in [-0.2, 0) is 13.1 Å². The van der Waals surface area contributed by atoms with E-state index < -0.39 is 0 Å². The number of nitrogens with one attached hydrogen (secondary N) is 1. The molecule has 1 saturated heterocycles. The summed E-state index contributed by atoms with van der Waals surface area (Å²) < 4.78 is 0. The quantitative estimate of drug-likeness (QED) is 0.871. The van der Waals surface area contributed by atoms with Crippen LogP contribution in [0.4, 0.5) is 0 Å². The highest BCUT2D eigenvalue weighted by atomic mass is 16.3. The van der Waals surface area contributed by atoms with Gasteiger partial charge in [-0.3, -0.25) is 4.90 Å². The van der Waals surface area contributed by atoms with E-state index in [1.165, 1.54) is 30.4 Å². The molecule has 0 amide bonds. The Morgan fingerprint density at radius 3 is 2.63 bits per heavy atom. The number of rotatable bonds is 3. The lowest BCUT2D eigenvalue weighted by molar-refractivity contribution is 0.0767. The molecule has 2 atom stereocenters. The van der Waals surface area contributed by atoms with E-state index >= 15 is 0 Å². The average Bonchev–Trinajstić information content (AvgIpc) is 2.63. The predicted octanol–water partition coefficient (Wildman–Crippen LogP) is 1.90. The Bertz CT molecular complexity index is 388. The summed E-state index contributed by atoms with van der Waals surface area (Å²) in [5.74, 6) is 0. The maximum absolute atomic E-state index is 10.4. The molecule has 0 radical (unpaired) electrons. The van der Waals surface area contributed by atoms with E-state index in [0.717, 1.165) is 32.6 Å². The van der Waals surface area contributed by atoms with Crippen molar-refractivity contribution >= 4 is 0 Å². The van der Waals surface area contributed by atoms with E-state index in [-0.39, 0.29) is 12.1 Å². The van der Waals surface area contributed by atoms with E-state index in [9.17, 15) is 5.11 Å². The first-order valence-electron chi connectivity index (χ1n) is 7.53. The molecule has 2 heterocycles. The maximum atomic E-state index is 10.4. The van der Waals surface area contributed by atoms with E-state index in [1.54, 1.807) is 0 Å². The first-order chi connectivity index (χ1) is 9.33. The molecule has 0 spiro atoms. The van der Waals surface area contributed by atoms with Crippen molar-refractivity contribution in [3.05, 3.63) is 35.4 Å². The number of nitrogens with zero attached hydrogens (tertiary/aromatic N) is 1. The van der Waals surface area contributed by atoms with Crippen LogP contribution in [0.3, 0.4) is 0 Å². The van der Waals surface area contributed by atoms with Crippen molar-refractivity contribution in [2.75, 3.05) is 13.1 Å². The first-order valence-corrected chi connectivity index (χ1v) is 7.53. The largest absolute Gasteiger partial charge is 0.390 e. The Morgan fingerprint density at radius 1 is 1.16 bits per heavy atom. The molecule has 2 aliphatic heterocycles. The zero-order chi connectivity index (χ0) is 13.1. The normalized spacial score (nSPS) is 25.8. The van der Waals surface area contributed by atoms with Crippen molar-refractivity contribution in [3.63, 3.8) is 0 Å². The molecule has 104 valence electrons. The molecule has 2 aliphatic rings. The second-order valence-electron chi connectivity index (χ2n) is 5.92. The number of aliphatic hydroxyl groups excluding tert-OH is 1. The number of β-amino-alcohol motifs (C(OH)–C–C–N with tert-alkyl or cyclic N) is 1. The van der Waals surface area contributed by atoms with Crippen LogP contribution in [0.1, 0.15) is 36.8 Å². The summed E-state index contributed by atoms with van der Waals surface area (Å²) in [7, 11) is 0. The second-order valence-corrected chi connectivity index (χ2v) is 5.92. The van der Waals surface area contributed by atoms with Crippen LogP contribution in [0, 0.1) is 0 Å². The fraction of sp³-hybridized carbons (Fsp3) is 0.625. The SMILES string of the molecule is OC(CN1Cc2ccccc2C1)C1CCCCCN1. The van der Waals surface area contributed by atoms with Crippen molar-refractivity contribution < 1.29 is 5.11 Å². The van der Waals surface area contributed by atoms with Crippen molar-refractivity contribution in [1.82, 2.24) is 10.2 Å². The molecule has 1 aromatic carbocycles. The van der Waals surface area contributed by atoms with Gasteiger partial charge in [-0.05, 0) is 30.5 Å². The van der Waals surface area contributed by atoms with Crippen LogP contribution in [0.5, 0.6) is 0 Å². The summed E-state index contributed by atoms with van der Waals surface area (Å²) in [6, 6.07) is 8.89. The summed E-state index contributed by atoms with van der Waals surface area (Å²) >= 11 is 0. The van der Waals surface area contributed by atoms with Gasteiger partial charge in [-0.2, -0.15) is 0 Å². The van der Waals surface area contributed by atoms with Gasteiger partial charge in [0.15, 0.2) is 0 Å². The smallest absolute Gasteiger partial charge is 0.0820 e. The van der Waals surface area contributed by atoms with E-state index in [4.69, 9.17) is 0 Å². The number of hydrogen-bond donors (Lipinski definition) is 2. The molecule has 19 heavy (non-hydrogen) atoms. The van der Waals surface area contributed by atoms with Gasteiger partial charge in [-0.25, -0.2) is 0 Å². The van der Waals surface area contributed by atoms with Crippen molar-refractivity contribution in [2.24, 2.45) is 0 Å². The van der Waals surface area contributed by atoms with E-state index in [1.807, 2.05) is 0 Å². The Morgan fingerprint density at radius 2 is 1.89 bits per heavy atom. The zero-order valence-corrected chi connectivity index (χ0v) is 11.5. The molecule has 2 N–H and O–H groups in total. The topological polar surface area (TPSA) is 35.5 Å². The summed E-state index contributed by atoms with van der Waals surface area (Å²) in [6.45, 7) is 3.81. The Hall–Kier alpha value is -0.900. The van der Waals surface area contributed by atoms with Crippen molar-refractivity contribution in [2.45, 2.75) is 50.9 Å². The van der Waals surface area contributed by atoms with E-state index in [2.05, 4.69) is 34.5 Å². The fourth-order valence-corrected chi connectivity index (χ4v) is 3.31. The average molecular weight is 260 g/mol. The van der Waals surface area contributed by atoms with Gasteiger partial charge in [0.1, 0.15) is 0 Å². The third-order valence-electron chi connectivity index (χ3n) is 4.41. The van der Waals surface area contributed by atoms with Gasteiger partial charge in [-0.15, -0.1) is 0 Å². The van der Waals surface area contributed by atoms with Gasteiger partial charge in [-0.1, -0.05) is 37.1 Å². The molecule has 0 aromatic heterocycles. The lowest BCUT2D eigenvalue weighted by Gasteiger charge is -2.26. The second kappa shape index (κ2) is 6.04. The molecular weight excluding hydrogens is 236 g/mol. The predicted molar refractivity (Wildman–Crippen MR) is 76.8 cm³/mol. The van der Waals surface area contributed by atoms with Gasteiger partial charge in [0, 0.05) is 25.7 Å². The number of hydrogen-bond acceptors (Lipinski definition) is 3. The van der Waals surface area contributed by atoms with Crippen LogP contribution in [0.25, 0.3) is 0 Å². The summed E-state index contributed by atoms with van der Waals surface area (Å²) in [6.07, 6.45) is 4.66. The minimum absolute atomic E-state index is 0.243.